The second kappa shape index (κ2) is 9.35. The minimum Gasteiger partial charge on any atom is -0.342 e. The van der Waals surface area contributed by atoms with Crippen LogP contribution in [0.25, 0.3) is 5.95 Å². The third kappa shape index (κ3) is 5.16. The van der Waals surface area contributed by atoms with Gasteiger partial charge in [0.1, 0.15) is 6.33 Å². The molecule has 0 unspecified atom stereocenters. The van der Waals surface area contributed by atoms with Gasteiger partial charge in [0.2, 0.25) is 0 Å². The zero-order chi connectivity index (χ0) is 23.4. The molecule has 1 atom stereocenters. The van der Waals surface area contributed by atoms with Crippen LogP contribution in [0.2, 0.25) is 5.02 Å². The van der Waals surface area contributed by atoms with Gasteiger partial charge < -0.3 is 5.32 Å². The van der Waals surface area contributed by atoms with E-state index in [0.29, 0.717) is 11.8 Å². The summed E-state index contributed by atoms with van der Waals surface area (Å²) in [5.41, 5.74) is 0.326. The number of rotatable bonds is 7. The van der Waals surface area contributed by atoms with Crippen molar-refractivity contribution in [2.45, 2.75) is 17.9 Å². The van der Waals surface area contributed by atoms with Crippen molar-refractivity contribution in [1.29, 1.82) is 0 Å². The number of aromatic nitrogens is 5. The summed E-state index contributed by atoms with van der Waals surface area (Å²) in [6, 6.07) is 13.3. The number of carbonyl (C=O) groups excluding carboxylic acids is 1. The number of anilines is 1. The third-order valence-corrected chi connectivity index (χ3v) is 6.13. The highest BCUT2D eigenvalue weighted by Gasteiger charge is 2.20. The van der Waals surface area contributed by atoms with Gasteiger partial charge in [-0.15, -0.1) is 0 Å². The number of nitrogens with zero attached hydrogens (tertiary/aromatic N) is 5. The minimum atomic E-state index is -3.84. The Morgan fingerprint density at radius 1 is 1.03 bits per heavy atom. The Hall–Kier alpha value is -3.83. The van der Waals surface area contributed by atoms with Gasteiger partial charge in [-0.2, -0.15) is 9.78 Å². The molecule has 2 aromatic carbocycles. The largest absolute Gasteiger partial charge is 0.342 e. The lowest BCUT2D eigenvalue weighted by atomic mass is 10.1. The number of sulfonamides is 1. The van der Waals surface area contributed by atoms with Crippen LogP contribution in [0.1, 0.15) is 29.1 Å². The standard InChI is InChI=1S/C21H18ClN7O3S/c1-14(19-25-13-26-29(19)21-23-8-5-9-24-21)27-20(30)15-10-16(22)12-17(11-15)28-33(31,32)18-6-3-2-4-7-18/h2-14,28H,1H3,(H,27,30)/t14-/m0/s1. The van der Waals surface area contributed by atoms with Gasteiger partial charge in [-0.25, -0.2) is 23.4 Å². The highest BCUT2D eigenvalue weighted by atomic mass is 35.5. The molecule has 4 rings (SSSR count). The summed E-state index contributed by atoms with van der Waals surface area (Å²) in [4.78, 5) is 25.5. The van der Waals surface area contributed by atoms with Crippen molar-refractivity contribution in [2.24, 2.45) is 0 Å². The fraction of sp³-hybridized carbons (Fsp3) is 0.0952. The van der Waals surface area contributed by atoms with E-state index in [1.165, 1.54) is 41.3 Å². The van der Waals surface area contributed by atoms with Crippen molar-refractivity contribution in [3.63, 3.8) is 0 Å². The minimum absolute atomic E-state index is 0.0899. The van der Waals surface area contributed by atoms with Crippen molar-refractivity contribution < 1.29 is 13.2 Å². The predicted octanol–water partition coefficient (Wildman–Crippen LogP) is 3.00. The Morgan fingerprint density at radius 3 is 2.48 bits per heavy atom. The Balaban J connectivity index is 1.54. The number of halogens is 1. The van der Waals surface area contributed by atoms with Crippen LogP contribution in [0.3, 0.4) is 0 Å². The zero-order valence-corrected chi connectivity index (χ0v) is 18.8. The van der Waals surface area contributed by atoms with Crippen LogP contribution in [0.5, 0.6) is 0 Å². The van der Waals surface area contributed by atoms with Gasteiger partial charge in [-0.05, 0) is 43.3 Å². The van der Waals surface area contributed by atoms with Gasteiger partial charge in [-0.1, -0.05) is 29.8 Å². The molecule has 0 aliphatic carbocycles. The molecular formula is C21H18ClN7O3S. The van der Waals surface area contributed by atoms with Crippen LogP contribution >= 0.6 is 11.6 Å². The summed E-state index contributed by atoms with van der Waals surface area (Å²) in [5, 5.41) is 7.12. The molecule has 2 heterocycles. The molecule has 0 aliphatic rings. The lowest BCUT2D eigenvalue weighted by Gasteiger charge is -2.15. The first kappa shape index (κ1) is 22.4. The Bertz CT molecular complexity index is 1380. The number of hydrogen-bond donors (Lipinski definition) is 2. The van der Waals surface area contributed by atoms with Crippen molar-refractivity contribution in [3.8, 4) is 5.95 Å². The molecule has 0 saturated carbocycles. The summed E-state index contributed by atoms with van der Waals surface area (Å²) in [6.07, 6.45) is 4.48. The molecular weight excluding hydrogens is 466 g/mol. The first-order valence-corrected chi connectivity index (χ1v) is 11.6. The van der Waals surface area contributed by atoms with Gasteiger partial charge in [0, 0.05) is 23.0 Å². The Morgan fingerprint density at radius 2 is 1.76 bits per heavy atom. The first-order chi connectivity index (χ1) is 15.8. The number of amides is 1. The lowest BCUT2D eigenvalue weighted by Crippen LogP contribution is -2.29. The summed E-state index contributed by atoms with van der Waals surface area (Å²) < 4.78 is 29.1. The molecule has 2 N–H and O–H groups in total. The molecule has 0 bridgehead atoms. The van der Waals surface area contributed by atoms with Gasteiger partial charge in [0.05, 0.1) is 16.6 Å². The molecule has 0 fully saturated rings. The Labute approximate surface area is 194 Å². The van der Waals surface area contributed by atoms with Crippen molar-refractivity contribution in [2.75, 3.05) is 4.72 Å². The van der Waals surface area contributed by atoms with Crippen LogP contribution in [0.15, 0.2) is 78.2 Å². The predicted molar refractivity (Wildman–Crippen MR) is 122 cm³/mol. The van der Waals surface area contributed by atoms with Crippen LogP contribution in [-0.2, 0) is 10.0 Å². The van der Waals surface area contributed by atoms with Gasteiger partial charge in [0.15, 0.2) is 5.82 Å². The second-order valence-electron chi connectivity index (χ2n) is 6.92. The third-order valence-electron chi connectivity index (χ3n) is 4.52. The molecule has 0 spiro atoms. The summed E-state index contributed by atoms with van der Waals surface area (Å²) >= 11 is 6.15. The number of carbonyl (C=O) groups is 1. The van der Waals surface area contributed by atoms with E-state index in [1.807, 2.05) is 0 Å². The van der Waals surface area contributed by atoms with Gasteiger partial charge in [-0.3, -0.25) is 9.52 Å². The summed E-state index contributed by atoms with van der Waals surface area (Å²) in [5.74, 6) is 0.252. The molecule has 4 aromatic rings. The number of benzene rings is 2. The molecule has 0 radical (unpaired) electrons. The summed E-state index contributed by atoms with van der Waals surface area (Å²) in [7, 11) is -3.84. The highest BCUT2D eigenvalue weighted by Crippen LogP contribution is 2.23. The second-order valence-corrected chi connectivity index (χ2v) is 9.04. The van der Waals surface area contributed by atoms with Gasteiger partial charge >= 0.3 is 0 Å². The Kier molecular flexibility index (Phi) is 6.33. The molecule has 1 amide bonds. The van der Waals surface area contributed by atoms with Crippen LogP contribution < -0.4 is 10.0 Å². The molecule has 168 valence electrons. The number of nitrogens with one attached hydrogen (secondary N) is 2. The maximum atomic E-state index is 12.9. The number of hydrogen-bond acceptors (Lipinski definition) is 7. The molecule has 12 heteroatoms. The highest BCUT2D eigenvalue weighted by molar-refractivity contribution is 7.92. The van der Waals surface area contributed by atoms with E-state index in [0.717, 1.165) is 0 Å². The average Bonchev–Trinajstić information content (AvgIpc) is 3.30. The van der Waals surface area contributed by atoms with E-state index in [2.05, 4.69) is 30.1 Å². The normalized spacial score (nSPS) is 12.2. The molecule has 0 aliphatic heterocycles. The smallest absolute Gasteiger partial charge is 0.261 e. The van der Waals surface area contributed by atoms with Crippen molar-refractivity contribution in [1.82, 2.24) is 30.0 Å². The van der Waals surface area contributed by atoms with Crippen LogP contribution in [0, 0.1) is 0 Å². The maximum absolute atomic E-state index is 12.9. The van der Waals surface area contributed by atoms with E-state index in [1.54, 1.807) is 43.6 Å². The monoisotopic (exact) mass is 483 g/mol. The topological polar surface area (TPSA) is 132 Å². The quantitative estimate of drug-likeness (QED) is 0.413. The van der Waals surface area contributed by atoms with Crippen LogP contribution in [0.4, 0.5) is 5.69 Å². The van der Waals surface area contributed by atoms with Gasteiger partial charge in [0.25, 0.3) is 21.9 Å². The van der Waals surface area contributed by atoms with Crippen molar-refractivity contribution in [3.05, 3.63) is 89.7 Å². The van der Waals surface area contributed by atoms with E-state index >= 15 is 0 Å². The fourth-order valence-electron chi connectivity index (χ4n) is 3.04. The molecule has 2 aromatic heterocycles. The van der Waals surface area contributed by atoms with Crippen LogP contribution in [-0.4, -0.2) is 39.1 Å². The molecule has 0 saturated heterocycles. The van der Waals surface area contributed by atoms with E-state index in [4.69, 9.17) is 11.6 Å². The van der Waals surface area contributed by atoms with E-state index in [9.17, 15) is 13.2 Å². The summed E-state index contributed by atoms with van der Waals surface area (Å²) in [6.45, 7) is 1.73. The van der Waals surface area contributed by atoms with Crippen molar-refractivity contribution >= 4 is 33.2 Å². The molecule has 10 nitrogen and oxygen atoms in total. The maximum Gasteiger partial charge on any atom is 0.261 e. The average molecular weight is 484 g/mol. The zero-order valence-electron chi connectivity index (χ0n) is 17.3. The van der Waals surface area contributed by atoms with E-state index < -0.39 is 22.0 Å². The van der Waals surface area contributed by atoms with E-state index in [-0.39, 0.29) is 21.2 Å². The SMILES string of the molecule is C[C@H](NC(=O)c1cc(Cl)cc(NS(=O)(=O)c2ccccc2)c1)c1ncnn1-c1ncccn1. The molecule has 33 heavy (non-hydrogen) atoms. The fourth-order valence-corrected chi connectivity index (χ4v) is 4.33. The first-order valence-electron chi connectivity index (χ1n) is 9.70. The lowest BCUT2D eigenvalue weighted by molar-refractivity contribution is 0.0938.